The average molecular weight is 294 g/mol. The smallest absolute Gasteiger partial charge is 0.370 e. The highest BCUT2D eigenvalue weighted by molar-refractivity contribution is 6.01. The molecule has 1 aromatic rings. The topological polar surface area (TPSA) is 116 Å². The molecule has 2 rings (SSSR count). The fourth-order valence-electron chi connectivity index (χ4n) is 1.65. The van der Waals surface area contributed by atoms with Crippen LogP contribution in [-0.2, 0) is 19.2 Å². The van der Waals surface area contributed by atoms with E-state index in [1.54, 1.807) is 0 Å². The molecule has 9 heteroatoms. The molecule has 9 nitrogen and oxygen atoms in total. The van der Waals surface area contributed by atoms with Crippen molar-refractivity contribution in [1.82, 2.24) is 5.06 Å². The van der Waals surface area contributed by atoms with E-state index in [0.717, 1.165) is 0 Å². The molecule has 0 unspecified atom stereocenters. The molecule has 21 heavy (non-hydrogen) atoms. The Bertz CT molecular complexity index is 597. The minimum atomic E-state index is -1.00. The lowest BCUT2D eigenvalue weighted by atomic mass is 10.3. The van der Waals surface area contributed by atoms with Gasteiger partial charge in [0.25, 0.3) is 11.8 Å². The molecule has 1 aliphatic rings. The fraction of sp³-hybridized carbons (Fsp3) is 0.250. The fourth-order valence-corrected chi connectivity index (χ4v) is 1.65. The first-order chi connectivity index (χ1) is 9.99. The highest BCUT2D eigenvalue weighted by Crippen LogP contribution is 2.25. The van der Waals surface area contributed by atoms with E-state index in [4.69, 9.17) is 4.74 Å². The van der Waals surface area contributed by atoms with Crippen molar-refractivity contribution in [1.29, 1.82) is 0 Å². The van der Waals surface area contributed by atoms with Crippen molar-refractivity contribution >= 4 is 23.5 Å². The van der Waals surface area contributed by atoms with E-state index in [-0.39, 0.29) is 24.3 Å². The predicted octanol–water partition coefficient (Wildman–Crippen LogP) is 0.581. The number of amides is 2. The highest BCUT2D eigenvalue weighted by Gasteiger charge is 2.33. The quantitative estimate of drug-likeness (QED) is 0.443. The number of rotatable bonds is 5. The van der Waals surface area contributed by atoms with Crippen molar-refractivity contribution in [3.63, 3.8) is 0 Å². The maximum absolute atomic E-state index is 11.5. The van der Waals surface area contributed by atoms with Crippen LogP contribution >= 0.6 is 0 Å². The number of nitro groups is 1. The molecule has 0 saturated carbocycles. The van der Waals surface area contributed by atoms with E-state index in [1.165, 1.54) is 24.3 Å². The lowest BCUT2D eigenvalue weighted by Gasteiger charge is -2.12. The summed E-state index contributed by atoms with van der Waals surface area (Å²) in [6.45, 7) is -0.665. The number of hydrogen-bond donors (Lipinski definition) is 0. The number of para-hydroxylation sites is 2. The number of hydrogen-bond acceptors (Lipinski definition) is 7. The summed E-state index contributed by atoms with van der Waals surface area (Å²) in [7, 11) is 0. The van der Waals surface area contributed by atoms with E-state index in [0.29, 0.717) is 5.06 Å². The number of carbonyl (C=O) groups is 3. The second-order valence-corrected chi connectivity index (χ2v) is 4.06. The molecule has 1 aliphatic heterocycles. The minimum Gasteiger partial charge on any atom is -0.475 e. The minimum absolute atomic E-state index is 0.0167. The van der Waals surface area contributed by atoms with Crippen LogP contribution in [0.2, 0.25) is 0 Å². The Hall–Kier alpha value is -2.97. The van der Waals surface area contributed by atoms with Gasteiger partial charge in [-0.1, -0.05) is 12.1 Å². The summed E-state index contributed by atoms with van der Waals surface area (Å²) in [5.41, 5.74) is -0.307. The summed E-state index contributed by atoms with van der Waals surface area (Å²) in [5.74, 6) is -2.34. The van der Waals surface area contributed by atoms with Gasteiger partial charge in [-0.05, 0) is 6.07 Å². The van der Waals surface area contributed by atoms with Gasteiger partial charge in [0.2, 0.25) is 0 Å². The Kier molecular flexibility index (Phi) is 4.12. The van der Waals surface area contributed by atoms with Crippen LogP contribution in [0.25, 0.3) is 0 Å². The van der Waals surface area contributed by atoms with Gasteiger partial charge >= 0.3 is 11.7 Å². The van der Waals surface area contributed by atoms with Gasteiger partial charge in [0.1, 0.15) is 0 Å². The van der Waals surface area contributed by atoms with Crippen LogP contribution in [0.5, 0.6) is 5.75 Å². The van der Waals surface area contributed by atoms with Crippen LogP contribution < -0.4 is 4.74 Å². The van der Waals surface area contributed by atoms with Crippen molar-refractivity contribution in [2.24, 2.45) is 0 Å². The third-order valence-electron chi connectivity index (χ3n) is 2.61. The lowest BCUT2D eigenvalue weighted by molar-refractivity contribution is -0.385. The normalized spacial score (nSPS) is 14.2. The van der Waals surface area contributed by atoms with Gasteiger partial charge in [-0.3, -0.25) is 19.7 Å². The summed E-state index contributed by atoms with van der Waals surface area (Å²) in [6.07, 6.45) is -0.0335. The largest absolute Gasteiger partial charge is 0.475 e. The third kappa shape index (κ3) is 3.32. The van der Waals surface area contributed by atoms with Crippen LogP contribution in [0.3, 0.4) is 0 Å². The van der Waals surface area contributed by atoms with Gasteiger partial charge < -0.3 is 9.57 Å². The molecule has 1 saturated heterocycles. The van der Waals surface area contributed by atoms with Gasteiger partial charge in [0.05, 0.1) is 4.92 Å². The second kappa shape index (κ2) is 5.99. The summed E-state index contributed by atoms with van der Waals surface area (Å²) in [4.78, 5) is 48.6. The number of nitrogens with zero attached hydrogens (tertiary/aromatic N) is 2. The van der Waals surface area contributed by atoms with Gasteiger partial charge in [-0.25, -0.2) is 4.79 Å². The number of imide groups is 1. The maximum atomic E-state index is 11.5. The molecule has 1 heterocycles. The lowest BCUT2D eigenvalue weighted by Crippen LogP contribution is -2.33. The Morgan fingerprint density at radius 3 is 2.48 bits per heavy atom. The van der Waals surface area contributed by atoms with E-state index in [1.807, 2.05) is 0 Å². The van der Waals surface area contributed by atoms with Crippen molar-refractivity contribution in [2.45, 2.75) is 12.8 Å². The Balaban J connectivity index is 1.94. The van der Waals surface area contributed by atoms with Gasteiger partial charge in [-0.15, -0.1) is 5.06 Å². The van der Waals surface area contributed by atoms with Crippen LogP contribution in [0.15, 0.2) is 24.3 Å². The molecule has 0 N–H and O–H groups in total. The van der Waals surface area contributed by atoms with Gasteiger partial charge in [0, 0.05) is 18.9 Å². The first-order valence-corrected chi connectivity index (χ1v) is 5.92. The molecule has 1 aromatic carbocycles. The number of hydroxylamine groups is 2. The van der Waals surface area contributed by atoms with Crippen LogP contribution in [0.4, 0.5) is 5.69 Å². The molecule has 0 aromatic heterocycles. The van der Waals surface area contributed by atoms with Gasteiger partial charge in [0.15, 0.2) is 12.4 Å². The molecule has 110 valence electrons. The van der Waals surface area contributed by atoms with E-state index >= 15 is 0 Å². The first-order valence-electron chi connectivity index (χ1n) is 5.92. The molecule has 1 fully saturated rings. The Morgan fingerprint density at radius 1 is 1.24 bits per heavy atom. The SMILES string of the molecule is O=C(COc1ccccc1[N+](=O)[O-])ON1C(=O)CCC1=O. The highest BCUT2D eigenvalue weighted by atomic mass is 16.7. The molecule has 0 spiro atoms. The van der Waals surface area contributed by atoms with Crippen molar-refractivity contribution in [3.8, 4) is 5.75 Å². The molecule has 0 atom stereocenters. The van der Waals surface area contributed by atoms with Crippen LogP contribution in [-0.4, -0.2) is 34.4 Å². The number of carbonyl (C=O) groups excluding carboxylic acids is 3. The van der Waals surface area contributed by atoms with E-state index < -0.39 is 29.3 Å². The Morgan fingerprint density at radius 2 is 1.86 bits per heavy atom. The maximum Gasteiger partial charge on any atom is 0.370 e. The summed E-state index contributed by atoms with van der Waals surface area (Å²) < 4.78 is 4.98. The molecule has 0 bridgehead atoms. The van der Waals surface area contributed by atoms with Gasteiger partial charge in [-0.2, -0.15) is 0 Å². The summed E-state index contributed by atoms with van der Waals surface area (Å²) in [5, 5.41) is 11.1. The molecule has 0 radical (unpaired) electrons. The zero-order valence-corrected chi connectivity index (χ0v) is 10.7. The number of ether oxygens (including phenoxy) is 1. The van der Waals surface area contributed by atoms with E-state index in [2.05, 4.69) is 4.84 Å². The molecular weight excluding hydrogens is 284 g/mol. The van der Waals surface area contributed by atoms with Crippen molar-refractivity contribution in [2.75, 3.05) is 6.61 Å². The standard InChI is InChI=1S/C12H10N2O7/c15-10-5-6-11(16)13(10)21-12(17)7-20-9-4-2-1-3-8(9)14(18)19/h1-4H,5-7H2. The number of benzene rings is 1. The molecule has 0 aliphatic carbocycles. The van der Waals surface area contributed by atoms with Crippen LogP contribution in [0, 0.1) is 10.1 Å². The molecular formula is C12H10N2O7. The second-order valence-electron chi connectivity index (χ2n) is 4.06. The summed E-state index contributed by atoms with van der Waals surface area (Å²) in [6, 6.07) is 5.48. The zero-order chi connectivity index (χ0) is 15.4. The number of nitro benzene ring substituents is 1. The zero-order valence-electron chi connectivity index (χ0n) is 10.7. The summed E-state index contributed by atoms with van der Waals surface area (Å²) >= 11 is 0. The van der Waals surface area contributed by atoms with Crippen LogP contribution in [0.1, 0.15) is 12.8 Å². The Labute approximate surface area is 118 Å². The van der Waals surface area contributed by atoms with Crippen molar-refractivity contribution in [3.05, 3.63) is 34.4 Å². The average Bonchev–Trinajstić information content (AvgIpc) is 2.77. The molecule has 2 amide bonds. The first kappa shape index (κ1) is 14.4. The van der Waals surface area contributed by atoms with E-state index in [9.17, 15) is 24.5 Å². The monoisotopic (exact) mass is 294 g/mol. The third-order valence-corrected chi connectivity index (χ3v) is 2.61. The predicted molar refractivity (Wildman–Crippen MR) is 65.8 cm³/mol. The van der Waals surface area contributed by atoms with Crippen molar-refractivity contribution < 1.29 is 28.9 Å².